The van der Waals surface area contributed by atoms with Crippen LogP contribution in [0.15, 0.2) is 29.3 Å². The molecule has 0 saturated carbocycles. The molecule has 130 valence electrons. The number of sulfone groups is 1. The average molecular weight is 360 g/mol. The maximum Gasteiger partial charge on any atom is 0.193 e. The molecule has 0 aromatic heterocycles. The molecule has 0 aliphatic rings. The van der Waals surface area contributed by atoms with Crippen LogP contribution in [-0.2, 0) is 16.4 Å². The largest absolute Gasteiger partial charge is 0.355 e. The van der Waals surface area contributed by atoms with E-state index in [4.69, 9.17) is 11.6 Å². The summed E-state index contributed by atoms with van der Waals surface area (Å²) in [6.07, 6.45) is 0. The molecular formula is C16H26ClN3O2S. The zero-order valence-electron chi connectivity index (χ0n) is 14.4. The van der Waals surface area contributed by atoms with Crippen molar-refractivity contribution in [2.45, 2.75) is 32.1 Å². The second kappa shape index (κ2) is 8.02. The molecule has 0 unspecified atom stereocenters. The third kappa shape index (κ3) is 5.70. The number of aliphatic imine (C=N–C) groups is 1. The van der Waals surface area contributed by atoms with E-state index < -0.39 is 14.6 Å². The molecule has 0 saturated heterocycles. The molecule has 7 heteroatoms. The van der Waals surface area contributed by atoms with Crippen molar-refractivity contribution in [3.8, 4) is 0 Å². The van der Waals surface area contributed by atoms with Crippen LogP contribution >= 0.6 is 11.6 Å². The zero-order chi connectivity index (χ0) is 17.7. The van der Waals surface area contributed by atoms with Crippen molar-refractivity contribution in [2.75, 3.05) is 26.4 Å². The molecule has 1 rings (SSSR count). The maximum absolute atomic E-state index is 12.1. The first-order chi connectivity index (χ1) is 10.6. The van der Waals surface area contributed by atoms with E-state index in [0.717, 1.165) is 5.56 Å². The fourth-order valence-corrected chi connectivity index (χ4v) is 3.12. The van der Waals surface area contributed by atoms with Crippen molar-refractivity contribution in [3.63, 3.8) is 0 Å². The summed E-state index contributed by atoms with van der Waals surface area (Å²) in [5, 5.41) is 3.79. The Labute approximate surface area is 144 Å². The van der Waals surface area contributed by atoms with Crippen molar-refractivity contribution in [2.24, 2.45) is 4.99 Å². The lowest BCUT2D eigenvalue weighted by molar-refractivity contribution is 0.478. The van der Waals surface area contributed by atoms with Gasteiger partial charge in [0.05, 0.1) is 10.5 Å². The number of benzene rings is 1. The molecule has 0 spiro atoms. The van der Waals surface area contributed by atoms with Crippen LogP contribution in [0.4, 0.5) is 0 Å². The SMILES string of the molecule is CN=C(NCCS(=O)(=O)C(C)(C)C)N(C)Cc1ccccc1Cl. The number of hydrogen-bond acceptors (Lipinski definition) is 3. The van der Waals surface area contributed by atoms with Crippen molar-refractivity contribution >= 4 is 27.4 Å². The van der Waals surface area contributed by atoms with Crippen LogP contribution in [0.25, 0.3) is 0 Å². The Hall–Kier alpha value is -1.27. The summed E-state index contributed by atoms with van der Waals surface area (Å²) < 4.78 is 23.5. The summed E-state index contributed by atoms with van der Waals surface area (Å²) in [6, 6.07) is 7.62. The summed E-state index contributed by atoms with van der Waals surface area (Å²) in [6.45, 7) is 6.03. The third-order valence-corrected chi connectivity index (χ3v) is 6.50. The molecule has 0 aliphatic carbocycles. The summed E-state index contributed by atoms with van der Waals surface area (Å²) >= 11 is 6.16. The lowest BCUT2D eigenvalue weighted by atomic mass is 10.2. The van der Waals surface area contributed by atoms with Crippen LogP contribution in [0.3, 0.4) is 0 Å². The summed E-state index contributed by atoms with van der Waals surface area (Å²) in [4.78, 5) is 6.10. The van der Waals surface area contributed by atoms with Gasteiger partial charge in [0.25, 0.3) is 0 Å². The van der Waals surface area contributed by atoms with Crippen LogP contribution in [-0.4, -0.2) is 50.4 Å². The molecule has 0 fully saturated rings. The van der Waals surface area contributed by atoms with Gasteiger partial charge >= 0.3 is 0 Å². The van der Waals surface area contributed by atoms with Gasteiger partial charge in [0.15, 0.2) is 15.8 Å². The van der Waals surface area contributed by atoms with E-state index in [1.54, 1.807) is 27.8 Å². The van der Waals surface area contributed by atoms with Gasteiger partial charge in [-0.3, -0.25) is 4.99 Å². The zero-order valence-corrected chi connectivity index (χ0v) is 16.0. The van der Waals surface area contributed by atoms with E-state index in [2.05, 4.69) is 10.3 Å². The summed E-state index contributed by atoms with van der Waals surface area (Å²) in [5.41, 5.74) is 0.988. The molecule has 1 N–H and O–H groups in total. The quantitative estimate of drug-likeness (QED) is 0.648. The van der Waals surface area contributed by atoms with Crippen LogP contribution in [0.2, 0.25) is 5.02 Å². The Bertz CT molecular complexity index is 652. The van der Waals surface area contributed by atoms with Gasteiger partial charge in [-0.15, -0.1) is 0 Å². The van der Waals surface area contributed by atoms with Crippen molar-refractivity contribution in [1.82, 2.24) is 10.2 Å². The number of guanidine groups is 1. The number of rotatable bonds is 5. The van der Waals surface area contributed by atoms with Gasteiger partial charge < -0.3 is 10.2 Å². The van der Waals surface area contributed by atoms with E-state index in [-0.39, 0.29) is 5.75 Å². The third-order valence-electron chi connectivity index (χ3n) is 3.53. The molecule has 5 nitrogen and oxygen atoms in total. The van der Waals surface area contributed by atoms with E-state index >= 15 is 0 Å². The van der Waals surface area contributed by atoms with Gasteiger partial charge in [0.1, 0.15) is 0 Å². The van der Waals surface area contributed by atoms with E-state index in [9.17, 15) is 8.42 Å². The van der Waals surface area contributed by atoms with Crippen molar-refractivity contribution in [1.29, 1.82) is 0 Å². The lowest BCUT2D eigenvalue weighted by Crippen LogP contribution is -2.42. The second-order valence-electron chi connectivity index (χ2n) is 6.35. The molecule has 1 aromatic carbocycles. The van der Waals surface area contributed by atoms with E-state index in [0.29, 0.717) is 24.1 Å². The highest BCUT2D eigenvalue weighted by Crippen LogP contribution is 2.17. The Morgan fingerprint density at radius 1 is 1.30 bits per heavy atom. The number of nitrogens with one attached hydrogen (secondary N) is 1. The number of nitrogens with zero attached hydrogens (tertiary/aromatic N) is 2. The first kappa shape index (κ1) is 19.8. The monoisotopic (exact) mass is 359 g/mol. The van der Waals surface area contributed by atoms with Crippen molar-refractivity contribution in [3.05, 3.63) is 34.9 Å². The molecule has 0 aliphatic heterocycles. The van der Waals surface area contributed by atoms with Crippen molar-refractivity contribution < 1.29 is 8.42 Å². The standard InChI is InChI=1S/C16H26ClN3O2S/c1-16(2,3)23(21,22)11-10-19-15(18-4)20(5)12-13-8-6-7-9-14(13)17/h6-9H,10-12H2,1-5H3,(H,18,19). The number of halogens is 1. The van der Waals surface area contributed by atoms with Gasteiger partial charge in [-0.25, -0.2) is 8.42 Å². The predicted octanol–water partition coefficient (Wildman–Crippen LogP) is 2.56. The Kier molecular flexibility index (Phi) is 6.89. The van der Waals surface area contributed by atoms with Crippen LogP contribution < -0.4 is 5.32 Å². The van der Waals surface area contributed by atoms with Crippen LogP contribution in [0, 0.1) is 0 Å². The van der Waals surface area contributed by atoms with Gasteiger partial charge in [-0.05, 0) is 32.4 Å². The highest BCUT2D eigenvalue weighted by molar-refractivity contribution is 7.92. The molecule has 0 radical (unpaired) electrons. The molecule has 0 atom stereocenters. The highest BCUT2D eigenvalue weighted by Gasteiger charge is 2.28. The Morgan fingerprint density at radius 3 is 2.43 bits per heavy atom. The highest BCUT2D eigenvalue weighted by atomic mass is 35.5. The first-order valence-corrected chi connectivity index (χ1v) is 9.49. The molecule has 23 heavy (non-hydrogen) atoms. The first-order valence-electron chi connectivity index (χ1n) is 7.46. The molecule has 0 bridgehead atoms. The Morgan fingerprint density at radius 2 is 1.91 bits per heavy atom. The van der Waals surface area contributed by atoms with Crippen LogP contribution in [0.5, 0.6) is 0 Å². The Balaban J connectivity index is 2.63. The smallest absolute Gasteiger partial charge is 0.193 e. The van der Waals surface area contributed by atoms with Crippen LogP contribution in [0.1, 0.15) is 26.3 Å². The fraction of sp³-hybridized carbons (Fsp3) is 0.562. The van der Waals surface area contributed by atoms with Gasteiger partial charge in [0.2, 0.25) is 0 Å². The summed E-state index contributed by atoms with van der Waals surface area (Å²) in [7, 11) is 0.406. The van der Waals surface area contributed by atoms with Gasteiger partial charge in [-0.1, -0.05) is 29.8 Å². The minimum absolute atomic E-state index is 0.0649. The molecule has 0 amide bonds. The normalized spacial score (nSPS) is 13.0. The van der Waals surface area contributed by atoms with Gasteiger partial charge in [-0.2, -0.15) is 0 Å². The maximum atomic E-state index is 12.1. The number of hydrogen-bond donors (Lipinski definition) is 1. The molecular weight excluding hydrogens is 334 g/mol. The predicted molar refractivity (Wildman–Crippen MR) is 97.8 cm³/mol. The average Bonchev–Trinajstić information content (AvgIpc) is 2.44. The lowest BCUT2D eigenvalue weighted by Gasteiger charge is -2.24. The minimum Gasteiger partial charge on any atom is -0.355 e. The minimum atomic E-state index is -3.15. The summed E-state index contributed by atoms with van der Waals surface area (Å²) in [5.74, 6) is 0.698. The molecule has 1 aromatic rings. The van der Waals surface area contributed by atoms with Gasteiger partial charge in [0, 0.05) is 32.2 Å². The van der Waals surface area contributed by atoms with E-state index in [1.165, 1.54) is 0 Å². The topological polar surface area (TPSA) is 61.8 Å². The molecule has 0 heterocycles. The van der Waals surface area contributed by atoms with E-state index in [1.807, 2.05) is 36.2 Å². The fourth-order valence-electron chi connectivity index (χ4n) is 1.95. The second-order valence-corrected chi connectivity index (χ2v) is 9.62.